The minimum Gasteiger partial charge on any atom is -0.385 e. The van der Waals surface area contributed by atoms with Crippen molar-refractivity contribution in [3.8, 4) is 0 Å². The third-order valence-electron chi connectivity index (χ3n) is 2.24. The van der Waals surface area contributed by atoms with Crippen molar-refractivity contribution in [2.75, 3.05) is 13.7 Å². The molecule has 1 aromatic carbocycles. The maximum atomic E-state index is 5.50. The molecule has 1 aromatic rings. The van der Waals surface area contributed by atoms with Gasteiger partial charge in [-0.3, -0.25) is 11.3 Å². The zero-order chi connectivity index (χ0) is 10.2. The van der Waals surface area contributed by atoms with E-state index >= 15 is 0 Å². The van der Waals surface area contributed by atoms with Crippen molar-refractivity contribution >= 4 is 0 Å². The van der Waals surface area contributed by atoms with Gasteiger partial charge in [0.25, 0.3) is 0 Å². The van der Waals surface area contributed by atoms with E-state index in [4.69, 9.17) is 10.6 Å². The molecule has 1 rings (SSSR count). The quantitative estimate of drug-likeness (QED) is 0.411. The van der Waals surface area contributed by atoms with Crippen molar-refractivity contribution in [3.63, 3.8) is 0 Å². The van der Waals surface area contributed by atoms with Crippen LogP contribution in [0.4, 0.5) is 0 Å². The lowest BCUT2D eigenvalue weighted by molar-refractivity contribution is 0.189. The van der Waals surface area contributed by atoms with Crippen molar-refractivity contribution in [2.45, 2.75) is 18.9 Å². The van der Waals surface area contributed by atoms with E-state index in [1.165, 1.54) is 5.56 Å². The second-order valence-electron chi connectivity index (χ2n) is 3.26. The third-order valence-corrected chi connectivity index (χ3v) is 2.24. The fraction of sp³-hybridized carbons (Fsp3) is 0.455. The number of hydrazine groups is 1. The lowest BCUT2D eigenvalue weighted by Crippen LogP contribution is -2.28. The molecule has 0 aliphatic carbocycles. The van der Waals surface area contributed by atoms with Crippen LogP contribution in [0, 0.1) is 0 Å². The normalized spacial score (nSPS) is 12.7. The number of ether oxygens (including phenoxy) is 1. The zero-order valence-corrected chi connectivity index (χ0v) is 8.57. The Labute approximate surface area is 85.2 Å². The summed E-state index contributed by atoms with van der Waals surface area (Å²) >= 11 is 0. The van der Waals surface area contributed by atoms with Crippen molar-refractivity contribution in [2.24, 2.45) is 5.84 Å². The van der Waals surface area contributed by atoms with Gasteiger partial charge < -0.3 is 4.74 Å². The van der Waals surface area contributed by atoms with E-state index in [0.29, 0.717) is 0 Å². The molecule has 0 amide bonds. The largest absolute Gasteiger partial charge is 0.385 e. The predicted molar refractivity (Wildman–Crippen MR) is 57.6 cm³/mol. The van der Waals surface area contributed by atoms with Crippen LogP contribution in [-0.2, 0) is 4.74 Å². The Morgan fingerprint density at radius 2 is 2.07 bits per heavy atom. The molecule has 14 heavy (non-hydrogen) atoms. The monoisotopic (exact) mass is 194 g/mol. The van der Waals surface area contributed by atoms with Gasteiger partial charge in [-0.1, -0.05) is 30.3 Å². The highest BCUT2D eigenvalue weighted by Crippen LogP contribution is 2.16. The second-order valence-corrected chi connectivity index (χ2v) is 3.26. The molecule has 78 valence electrons. The molecule has 0 bridgehead atoms. The molecular formula is C11H18N2O. The number of hydrogen-bond acceptors (Lipinski definition) is 3. The van der Waals surface area contributed by atoms with Crippen LogP contribution in [-0.4, -0.2) is 13.7 Å². The van der Waals surface area contributed by atoms with Gasteiger partial charge in [-0.2, -0.15) is 0 Å². The van der Waals surface area contributed by atoms with Gasteiger partial charge in [0.2, 0.25) is 0 Å². The molecule has 1 unspecified atom stereocenters. The van der Waals surface area contributed by atoms with Gasteiger partial charge in [-0.15, -0.1) is 0 Å². The number of nitrogens with one attached hydrogen (secondary N) is 1. The molecule has 0 aromatic heterocycles. The summed E-state index contributed by atoms with van der Waals surface area (Å²) in [4.78, 5) is 0. The SMILES string of the molecule is COCCCC(NN)c1ccccc1. The van der Waals surface area contributed by atoms with Crippen LogP contribution in [0.25, 0.3) is 0 Å². The first-order valence-corrected chi connectivity index (χ1v) is 4.88. The van der Waals surface area contributed by atoms with Crippen LogP contribution in [0.15, 0.2) is 30.3 Å². The molecule has 0 aliphatic rings. The lowest BCUT2D eigenvalue weighted by atomic mass is 10.0. The Kier molecular flexibility index (Phi) is 5.22. The number of benzene rings is 1. The number of hydrogen-bond donors (Lipinski definition) is 2. The molecule has 0 heterocycles. The highest BCUT2D eigenvalue weighted by Gasteiger charge is 2.07. The van der Waals surface area contributed by atoms with Gasteiger partial charge in [0, 0.05) is 19.8 Å². The molecular weight excluding hydrogens is 176 g/mol. The molecule has 0 aliphatic heterocycles. The molecule has 3 nitrogen and oxygen atoms in total. The van der Waals surface area contributed by atoms with Crippen LogP contribution in [0.5, 0.6) is 0 Å². The summed E-state index contributed by atoms with van der Waals surface area (Å²) in [5.74, 6) is 5.50. The minimum absolute atomic E-state index is 0.228. The van der Waals surface area contributed by atoms with Crippen molar-refractivity contribution in [3.05, 3.63) is 35.9 Å². The Morgan fingerprint density at radius 3 is 2.64 bits per heavy atom. The summed E-state index contributed by atoms with van der Waals surface area (Å²) in [6, 6.07) is 10.4. The van der Waals surface area contributed by atoms with Gasteiger partial charge in [0.05, 0.1) is 0 Å². The van der Waals surface area contributed by atoms with E-state index in [9.17, 15) is 0 Å². The Balaban J connectivity index is 2.46. The van der Waals surface area contributed by atoms with Crippen LogP contribution in [0.3, 0.4) is 0 Å². The zero-order valence-electron chi connectivity index (χ0n) is 8.57. The highest BCUT2D eigenvalue weighted by molar-refractivity contribution is 5.18. The summed E-state index contributed by atoms with van der Waals surface area (Å²) in [7, 11) is 1.72. The average molecular weight is 194 g/mol. The van der Waals surface area contributed by atoms with Crippen molar-refractivity contribution in [1.82, 2.24) is 5.43 Å². The maximum Gasteiger partial charge on any atom is 0.0462 e. The first-order valence-electron chi connectivity index (χ1n) is 4.88. The van der Waals surface area contributed by atoms with Crippen LogP contribution >= 0.6 is 0 Å². The van der Waals surface area contributed by atoms with E-state index in [1.54, 1.807) is 7.11 Å². The van der Waals surface area contributed by atoms with Crippen molar-refractivity contribution < 1.29 is 4.74 Å². The van der Waals surface area contributed by atoms with E-state index < -0.39 is 0 Å². The van der Waals surface area contributed by atoms with Crippen LogP contribution in [0.2, 0.25) is 0 Å². The lowest BCUT2D eigenvalue weighted by Gasteiger charge is -2.15. The Morgan fingerprint density at radius 1 is 1.36 bits per heavy atom. The number of rotatable bonds is 6. The Hall–Kier alpha value is -0.900. The van der Waals surface area contributed by atoms with Crippen LogP contribution < -0.4 is 11.3 Å². The molecule has 0 spiro atoms. The van der Waals surface area contributed by atoms with E-state index in [-0.39, 0.29) is 6.04 Å². The fourth-order valence-corrected chi connectivity index (χ4v) is 1.46. The van der Waals surface area contributed by atoms with Gasteiger partial charge in [-0.25, -0.2) is 0 Å². The maximum absolute atomic E-state index is 5.50. The van der Waals surface area contributed by atoms with E-state index in [1.807, 2.05) is 18.2 Å². The highest BCUT2D eigenvalue weighted by atomic mass is 16.5. The summed E-state index contributed by atoms with van der Waals surface area (Å²) in [5.41, 5.74) is 4.05. The number of nitrogens with two attached hydrogens (primary N) is 1. The molecule has 0 saturated heterocycles. The predicted octanol–water partition coefficient (Wildman–Crippen LogP) is 1.62. The third kappa shape index (κ3) is 3.46. The van der Waals surface area contributed by atoms with Gasteiger partial charge in [0.1, 0.15) is 0 Å². The summed E-state index contributed by atoms with van der Waals surface area (Å²) in [6.07, 6.45) is 2.01. The van der Waals surface area contributed by atoms with Gasteiger partial charge >= 0.3 is 0 Å². The van der Waals surface area contributed by atoms with Crippen LogP contribution in [0.1, 0.15) is 24.4 Å². The standard InChI is InChI=1S/C11H18N2O/c1-14-9-5-8-11(13-12)10-6-3-2-4-7-10/h2-4,6-7,11,13H,5,8-9,12H2,1H3. The molecule has 0 saturated carbocycles. The molecule has 1 atom stereocenters. The van der Waals surface area contributed by atoms with Gasteiger partial charge in [-0.05, 0) is 18.4 Å². The molecule has 3 N–H and O–H groups in total. The molecule has 0 fully saturated rings. The second kappa shape index (κ2) is 6.54. The summed E-state index contributed by atoms with van der Waals surface area (Å²) in [5, 5.41) is 0. The van der Waals surface area contributed by atoms with Gasteiger partial charge in [0.15, 0.2) is 0 Å². The first-order chi connectivity index (χ1) is 6.88. The summed E-state index contributed by atoms with van der Waals surface area (Å²) < 4.78 is 5.00. The topological polar surface area (TPSA) is 47.3 Å². The molecule has 3 heteroatoms. The average Bonchev–Trinajstić information content (AvgIpc) is 2.26. The fourth-order valence-electron chi connectivity index (χ4n) is 1.46. The Bertz CT molecular complexity index is 238. The van der Waals surface area contributed by atoms with E-state index in [2.05, 4.69) is 17.6 Å². The first kappa shape index (κ1) is 11.2. The van der Waals surface area contributed by atoms with Crippen molar-refractivity contribution in [1.29, 1.82) is 0 Å². The minimum atomic E-state index is 0.228. The summed E-state index contributed by atoms with van der Waals surface area (Å²) in [6.45, 7) is 0.783. The van der Waals surface area contributed by atoms with E-state index in [0.717, 1.165) is 19.4 Å². The molecule has 0 radical (unpaired) electrons. The number of methoxy groups -OCH3 is 1. The smallest absolute Gasteiger partial charge is 0.0462 e.